The Hall–Kier alpha value is -2.49. The summed E-state index contributed by atoms with van der Waals surface area (Å²) in [4.78, 5) is 12.1. The van der Waals surface area contributed by atoms with E-state index in [1.807, 2.05) is 18.2 Å². The lowest BCUT2D eigenvalue weighted by atomic mass is 9.91. The minimum Gasteiger partial charge on any atom is -0.485 e. The Morgan fingerprint density at radius 3 is 2.74 bits per heavy atom. The zero-order valence-electron chi connectivity index (χ0n) is 10.1. The third-order valence-electron chi connectivity index (χ3n) is 3.47. The van der Waals surface area contributed by atoms with Crippen LogP contribution in [0.25, 0.3) is 11.4 Å². The summed E-state index contributed by atoms with van der Waals surface area (Å²) in [6, 6.07) is 6.14. The molecule has 0 fully saturated rings. The van der Waals surface area contributed by atoms with Gasteiger partial charge in [0.2, 0.25) is 0 Å². The molecule has 4 heteroatoms. The van der Waals surface area contributed by atoms with Crippen LogP contribution in [0, 0.1) is 0 Å². The molecule has 0 saturated carbocycles. The molecule has 1 aliphatic heterocycles. The standard InChI is InChI=1S/C15H11N3O/c1-2-4-13-11(3-1)12-6-5-10(7-14(12)19-13)15-17-8-16-9-18-15/h1-9,11,13H. The van der Waals surface area contributed by atoms with Crippen LogP contribution in [0.1, 0.15) is 11.5 Å². The van der Waals surface area contributed by atoms with Crippen molar-refractivity contribution in [2.24, 2.45) is 0 Å². The van der Waals surface area contributed by atoms with Gasteiger partial charge in [-0.2, -0.15) is 0 Å². The van der Waals surface area contributed by atoms with Gasteiger partial charge in [-0.15, -0.1) is 0 Å². The van der Waals surface area contributed by atoms with Gasteiger partial charge in [0.25, 0.3) is 0 Å². The Labute approximate surface area is 110 Å². The van der Waals surface area contributed by atoms with E-state index < -0.39 is 0 Å². The molecular formula is C15H11N3O. The highest BCUT2D eigenvalue weighted by Gasteiger charge is 2.32. The third kappa shape index (κ3) is 1.64. The molecule has 2 aliphatic rings. The summed E-state index contributed by atoms with van der Waals surface area (Å²) >= 11 is 0. The van der Waals surface area contributed by atoms with E-state index >= 15 is 0 Å². The molecule has 0 saturated heterocycles. The molecule has 2 unspecified atom stereocenters. The lowest BCUT2D eigenvalue weighted by Crippen LogP contribution is -2.15. The Bertz CT molecular complexity index is 679. The number of hydrogen-bond donors (Lipinski definition) is 0. The molecular weight excluding hydrogens is 238 g/mol. The topological polar surface area (TPSA) is 47.9 Å². The first kappa shape index (κ1) is 10.4. The monoisotopic (exact) mass is 249 g/mol. The number of aromatic nitrogens is 3. The van der Waals surface area contributed by atoms with Gasteiger partial charge in [-0.1, -0.05) is 30.4 Å². The van der Waals surface area contributed by atoms with E-state index in [1.165, 1.54) is 18.2 Å². The molecule has 0 bridgehead atoms. The normalized spacial score (nSPS) is 22.7. The molecule has 19 heavy (non-hydrogen) atoms. The number of ether oxygens (including phenoxy) is 1. The van der Waals surface area contributed by atoms with E-state index in [4.69, 9.17) is 4.74 Å². The minimum absolute atomic E-state index is 0.119. The third-order valence-corrected chi connectivity index (χ3v) is 3.47. The van der Waals surface area contributed by atoms with Crippen molar-refractivity contribution in [2.45, 2.75) is 12.0 Å². The Morgan fingerprint density at radius 2 is 1.84 bits per heavy atom. The van der Waals surface area contributed by atoms with Gasteiger partial charge in [0.15, 0.2) is 5.82 Å². The number of nitrogens with zero attached hydrogens (tertiary/aromatic N) is 3. The van der Waals surface area contributed by atoms with Gasteiger partial charge in [-0.3, -0.25) is 0 Å². The first-order valence-electron chi connectivity index (χ1n) is 6.20. The number of benzene rings is 1. The molecule has 1 aliphatic carbocycles. The zero-order valence-corrected chi connectivity index (χ0v) is 10.1. The second-order valence-corrected chi connectivity index (χ2v) is 4.59. The van der Waals surface area contributed by atoms with Gasteiger partial charge in [0, 0.05) is 17.0 Å². The van der Waals surface area contributed by atoms with Gasteiger partial charge >= 0.3 is 0 Å². The van der Waals surface area contributed by atoms with Gasteiger partial charge < -0.3 is 4.74 Å². The quantitative estimate of drug-likeness (QED) is 0.779. The summed E-state index contributed by atoms with van der Waals surface area (Å²) in [5, 5.41) is 0. The summed E-state index contributed by atoms with van der Waals surface area (Å²) in [6.45, 7) is 0. The molecule has 0 N–H and O–H groups in total. The smallest absolute Gasteiger partial charge is 0.162 e. The Kier molecular flexibility index (Phi) is 2.21. The van der Waals surface area contributed by atoms with Crippen LogP contribution in [0.3, 0.4) is 0 Å². The first-order chi connectivity index (χ1) is 9.42. The predicted octanol–water partition coefficient (Wildman–Crippen LogP) is 2.51. The summed E-state index contributed by atoms with van der Waals surface area (Å²) in [5.74, 6) is 1.92. The molecule has 92 valence electrons. The fraction of sp³-hybridized carbons (Fsp3) is 0.133. The van der Waals surface area contributed by atoms with E-state index in [0.717, 1.165) is 11.3 Å². The van der Waals surface area contributed by atoms with Crippen LogP contribution >= 0.6 is 0 Å². The Morgan fingerprint density at radius 1 is 1.00 bits per heavy atom. The number of hydrogen-bond acceptors (Lipinski definition) is 4. The second-order valence-electron chi connectivity index (χ2n) is 4.59. The molecule has 0 spiro atoms. The number of allylic oxidation sites excluding steroid dienone is 2. The van der Waals surface area contributed by atoms with Crippen molar-refractivity contribution < 1.29 is 4.74 Å². The van der Waals surface area contributed by atoms with Gasteiger partial charge in [-0.05, 0) is 12.1 Å². The summed E-state index contributed by atoms with van der Waals surface area (Å²) in [5.41, 5.74) is 2.18. The van der Waals surface area contributed by atoms with Crippen LogP contribution in [0.5, 0.6) is 5.75 Å². The maximum Gasteiger partial charge on any atom is 0.162 e. The first-order valence-corrected chi connectivity index (χ1v) is 6.20. The highest BCUT2D eigenvalue weighted by molar-refractivity contribution is 5.61. The van der Waals surface area contributed by atoms with Crippen molar-refractivity contribution in [3.63, 3.8) is 0 Å². The van der Waals surface area contributed by atoms with Crippen LogP contribution in [0.2, 0.25) is 0 Å². The van der Waals surface area contributed by atoms with Gasteiger partial charge in [0.1, 0.15) is 24.5 Å². The van der Waals surface area contributed by atoms with Crippen molar-refractivity contribution in [3.05, 3.63) is 60.7 Å². The second kappa shape index (κ2) is 4.02. The molecule has 0 amide bonds. The summed E-state index contributed by atoms with van der Waals surface area (Å²) in [7, 11) is 0. The lowest BCUT2D eigenvalue weighted by molar-refractivity contribution is 0.269. The van der Waals surface area contributed by atoms with E-state index in [-0.39, 0.29) is 6.10 Å². The molecule has 2 atom stereocenters. The fourth-order valence-electron chi connectivity index (χ4n) is 2.57. The minimum atomic E-state index is 0.119. The lowest BCUT2D eigenvalue weighted by Gasteiger charge is -2.13. The summed E-state index contributed by atoms with van der Waals surface area (Å²) < 4.78 is 5.96. The summed E-state index contributed by atoms with van der Waals surface area (Å²) in [6.07, 6.45) is 11.5. The van der Waals surface area contributed by atoms with Crippen LogP contribution in [-0.4, -0.2) is 21.1 Å². The molecule has 4 nitrogen and oxygen atoms in total. The van der Waals surface area contributed by atoms with E-state index in [2.05, 4.69) is 39.2 Å². The van der Waals surface area contributed by atoms with Crippen LogP contribution < -0.4 is 4.74 Å². The van der Waals surface area contributed by atoms with Crippen LogP contribution in [0.4, 0.5) is 0 Å². The largest absolute Gasteiger partial charge is 0.485 e. The van der Waals surface area contributed by atoms with E-state index in [1.54, 1.807) is 0 Å². The van der Waals surface area contributed by atoms with Crippen molar-refractivity contribution in [2.75, 3.05) is 0 Å². The van der Waals surface area contributed by atoms with Crippen molar-refractivity contribution >= 4 is 0 Å². The molecule has 1 aromatic carbocycles. The van der Waals surface area contributed by atoms with Crippen molar-refractivity contribution in [1.29, 1.82) is 0 Å². The van der Waals surface area contributed by atoms with Crippen LogP contribution in [0.15, 0.2) is 55.2 Å². The zero-order chi connectivity index (χ0) is 12.7. The highest BCUT2D eigenvalue weighted by Crippen LogP contribution is 2.42. The molecule has 4 rings (SSSR count). The maximum atomic E-state index is 5.96. The molecule has 0 radical (unpaired) electrons. The van der Waals surface area contributed by atoms with Crippen molar-refractivity contribution in [3.8, 4) is 17.1 Å². The van der Waals surface area contributed by atoms with E-state index in [0.29, 0.717) is 11.7 Å². The number of rotatable bonds is 1. The molecule has 2 heterocycles. The van der Waals surface area contributed by atoms with E-state index in [9.17, 15) is 0 Å². The van der Waals surface area contributed by atoms with Crippen LogP contribution in [-0.2, 0) is 0 Å². The highest BCUT2D eigenvalue weighted by atomic mass is 16.5. The maximum absolute atomic E-state index is 5.96. The predicted molar refractivity (Wildman–Crippen MR) is 70.7 cm³/mol. The Balaban J connectivity index is 1.77. The molecule has 1 aromatic heterocycles. The SMILES string of the molecule is C1=CC2Oc3cc(-c4ncncn4)ccc3C2C=C1. The van der Waals surface area contributed by atoms with Crippen molar-refractivity contribution in [1.82, 2.24) is 15.0 Å². The average Bonchev–Trinajstić information content (AvgIpc) is 2.86. The number of fused-ring (bicyclic) bond motifs is 3. The van der Waals surface area contributed by atoms with Gasteiger partial charge in [0.05, 0.1) is 0 Å². The van der Waals surface area contributed by atoms with Gasteiger partial charge in [-0.25, -0.2) is 15.0 Å². The molecule has 2 aromatic rings. The fourth-order valence-corrected chi connectivity index (χ4v) is 2.57. The average molecular weight is 249 g/mol.